The number of aromatic nitrogens is 3. The van der Waals surface area contributed by atoms with E-state index in [2.05, 4.69) is 30.7 Å². The van der Waals surface area contributed by atoms with Crippen LogP contribution in [0.2, 0.25) is 0 Å². The molecule has 29 heavy (non-hydrogen) atoms. The van der Waals surface area contributed by atoms with E-state index in [4.69, 9.17) is 9.47 Å². The summed E-state index contributed by atoms with van der Waals surface area (Å²) < 4.78 is 28.0. The number of rotatable bonds is 8. The van der Waals surface area contributed by atoms with E-state index in [0.717, 1.165) is 52.0 Å². The lowest BCUT2D eigenvalue weighted by molar-refractivity contribution is 0.0953. The molecule has 1 saturated heterocycles. The highest BCUT2D eigenvalue weighted by Crippen LogP contribution is 2.27. The highest BCUT2D eigenvalue weighted by molar-refractivity contribution is 9.10. The molecule has 1 aliphatic rings. The van der Waals surface area contributed by atoms with Crippen LogP contribution < -0.4 is 4.74 Å². The molecular weight excluding hydrogens is 457 g/mol. The van der Waals surface area contributed by atoms with E-state index in [1.165, 1.54) is 12.1 Å². The van der Waals surface area contributed by atoms with E-state index in [-0.39, 0.29) is 11.9 Å². The Kier molecular flexibility index (Phi) is 6.84. The summed E-state index contributed by atoms with van der Waals surface area (Å²) in [6.45, 7) is 2.04. The Balaban J connectivity index is 1.44. The van der Waals surface area contributed by atoms with Gasteiger partial charge in [-0.15, -0.1) is 10.2 Å². The van der Waals surface area contributed by atoms with Gasteiger partial charge in [-0.1, -0.05) is 27.7 Å². The van der Waals surface area contributed by atoms with Crippen molar-refractivity contribution in [2.24, 2.45) is 0 Å². The van der Waals surface area contributed by atoms with Crippen LogP contribution in [0.1, 0.15) is 12.8 Å². The second-order valence-electron chi connectivity index (χ2n) is 6.71. The molecule has 1 unspecified atom stereocenters. The number of halogens is 2. The van der Waals surface area contributed by atoms with Gasteiger partial charge in [0.1, 0.15) is 11.6 Å². The molecule has 0 saturated carbocycles. The van der Waals surface area contributed by atoms with Gasteiger partial charge in [0.25, 0.3) is 0 Å². The van der Waals surface area contributed by atoms with Gasteiger partial charge >= 0.3 is 0 Å². The molecule has 1 fully saturated rings. The second-order valence-corrected chi connectivity index (χ2v) is 8.69. The average molecular weight is 478 g/mol. The third-order valence-electron chi connectivity index (χ3n) is 4.63. The van der Waals surface area contributed by atoms with Crippen LogP contribution in [-0.4, -0.2) is 39.8 Å². The van der Waals surface area contributed by atoms with Crippen molar-refractivity contribution in [2.45, 2.75) is 30.6 Å². The third-order valence-corrected chi connectivity index (χ3v) is 6.09. The molecule has 2 heterocycles. The highest BCUT2D eigenvalue weighted by Gasteiger charge is 2.21. The molecule has 5 nitrogen and oxygen atoms in total. The number of hydrogen-bond donors (Lipinski definition) is 0. The van der Waals surface area contributed by atoms with Crippen molar-refractivity contribution in [1.82, 2.24) is 14.8 Å². The third kappa shape index (κ3) is 5.38. The zero-order chi connectivity index (χ0) is 20.1. The van der Waals surface area contributed by atoms with Gasteiger partial charge < -0.3 is 9.47 Å². The summed E-state index contributed by atoms with van der Waals surface area (Å²) in [7, 11) is 0. The topological polar surface area (TPSA) is 49.2 Å². The first-order valence-electron chi connectivity index (χ1n) is 9.51. The molecular formula is C21H21BrFN3O2S. The van der Waals surface area contributed by atoms with E-state index in [9.17, 15) is 4.39 Å². The summed E-state index contributed by atoms with van der Waals surface area (Å²) >= 11 is 5.02. The van der Waals surface area contributed by atoms with Gasteiger partial charge in [0.2, 0.25) is 0 Å². The summed E-state index contributed by atoms with van der Waals surface area (Å²) in [5, 5.41) is 9.57. The van der Waals surface area contributed by atoms with Crippen molar-refractivity contribution in [3.63, 3.8) is 0 Å². The lowest BCUT2D eigenvalue weighted by Crippen LogP contribution is -2.17. The fourth-order valence-corrected chi connectivity index (χ4v) is 4.22. The molecule has 0 bridgehead atoms. The Hall–Kier alpha value is -1.90. The Bertz CT molecular complexity index is 928. The van der Waals surface area contributed by atoms with Crippen LogP contribution in [0.15, 0.2) is 58.2 Å². The Morgan fingerprint density at radius 3 is 2.66 bits per heavy atom. The van der Waals surface area contributed by atoms with Gasteiger partial charge in [-0.05, 0) is 61.4 Å². The van der Waals surface area contributed by atoms with Gasteiger partial charge in [-0.25, -0.2) is 4.39 Å². The maximum absolute atomic E-state index is 13.3. The van der Waals surface area contributed by atoms with Crippen molar-refractivity contribution >= 4 is 27.7 Å². The zero-order valence-corrected chi connectivity index (χ0v) is 18.2. The molecule has 152 valence electrons. The van der Waals surface area contributed by atoms with E-state index in [1.807, 2.05) is 24.3 Å². The Morgan fingerprint density at radius 1 is 1.14 bits per heavy atom. The number of nitrogens with zero attached hydrogens (tertiary/aromatic N) is 3. The molecule has 1 aromatic heterocycles. The number of thioether (sulfide) groups is 1. The molecule has 4 rings (SSSR count). The summed E-state index contributed by atoms with van der Waals surface area (Å²) in [5.74, 6) is 2.04. The van der Waals surface area contributed by atoms with Gasteiger partial charge in [-0.2, -0.15) is 0 Å². The number of hydrogen-bond acceptors (Lipinski definition) is 5. The van der Waals surface area contributed by atoms with Crippen LogP contribution in [0.3, 0.4) is 0 Å². The summed E-state index contributed by atoms with van der Waals surface area (Å²) in [5.41, 5.74) is 0.842. The van der Waals surface area contributed by atoms with Crippen LogP contribution in [0.4, 0.5) is 4.39 Å². The quantitative estimate of drug-likeness (QED) is 0.329. The number of benzene rings is 2. The molecule has 0 radical (unpaired) electrons. The predicted octanol–water partition coefficient (Wildman–Crippen LogP) is 5.20. The maximum atomic E-state index is 13.3. The first-order valence-corrected chi connectivity index (χ1v) is 11.3. The molecule has 3 aromatic rings. The summed E-state index contributed by atoms with van der Waals surface area (Å²) in [6, 6.07) is 14.1. The largest absolute Gasteiger partial charge is 0.493 e. The molecule has 0 amide bonds. The van der Waals surface area contributed by atoms with Gasteiger partial charge in [0.05, 0.1) is 19.3 Å². The van der Waals surface area contributed by atoms with Crippen molar-refractivity contribution in [1.29, 1.82) is 0 Å². The molecule has 0 N–H and O–H groups in total. The minimum Gasteiger partial charge on any atom is -0.493 e. The van der Waals surface area contributed by atoms with Crippen LogP contribution in [0.5, 0.6) is 5.75 Å². The lowest BCUT2D eigenvalue weighted by Gasteiger charge is -2.15. The lowest BCUT2D eigenvalue weighted by atomic mass is 10.2. The molecule has 8 heteroatoms. The van der Waals surface area contributed by atoms with Crippen molar-refractivity contribution in [3.8, 4) is 17.1 Å². The minimum absolute atomic E-state index is 0.156. The van der Waals surface area contributed by atoms with Crippen LogP contribution in [0.25, 0.3) is 11.4 Å². The Labute approximate surface area is 181 Å². The van der Waals surface area contributed by atoms with Gasteiger partial charge in [0, 0.05) is 22.4 Å². The van der Waals surface area contributed by atoms with Crippen molar-refractivity contribution in [2.75, 3.05) is 19.0 Å². The fourth-order valence-electron chi connectivity index (χ4n) is 3.19. The fraction of sp³-hybridized carbons (Fsp3) is 0.333. The van der Waals surface area contributed by atoms with E-state index < -0.39 is 0 Å². The molecule has 0 spiro atoms. The summed E-state index contributed by atoms with van der Waals surface area (Å²) in [6.07, 6.45) is 2.25. The number of ether oxygens (including phenoxy) is 2. The maximum Gasteiger partial charge on any atom is 0.191 e. The predicted molar refractivity (Wildman–Crippen MR) is 115 cm³/mol. The van der Waals surface area contributed by atoms with Gasteiger partial charge in [0.15, 0.2) is 11.0 Å². The minimum atomic E-state index is -0.265. The monoisotopic (exact) mass is 477 g/mol. The highest BCUT2D eigenvalue weighted by atomic mass is 79.9. The van der Waals surface area contributed by atoms with E-state index in [1.54, 1.807) is 23.9 Å². The molecule has 2 aromatic carbocycles. The van der Waals surface area contributed by atoms with Crippen molar-refractivity contribution in [3.05, 3.63) is 58.8 Å². The smallest absolute Gasteiger partial charge is 0.191 e. The molecule has 0 aliphatic carbocycles. The first kappa shape index (κ1) is 20.4. The van der Waals surface area contributed by atoms with Crippen molar-refractivity contribution < 1.29 is 13.9 Å². The summed E-state index contributed by atoms with van der Waals surface area (Å²) in [4.78, 5) is 0. The second kappa shape index (κ2) is 9.73. The van der Waals surface area contributed by atoms with Crippen LogP contribution in [-0.2, 0) is 11.3 Å². The van der Waals surface area contributed by atoms with Crippen LogP contribution in [0, 0.1) is 5.82 Å². The van der Waals surface area contributed by atoms with Crippen LogP contribution >= 0.6 is 27.7 Å². The zero-order valence-electron chi connectivity index (χ0n) is 15.8. The average Bonchev–Trinajstić information content (AvgIpc) is 3.38. The van der Waals surface area contributed by atoms with E-state index in [0.29, 0.717) is 13.2 Å². The first-order chi connectivity index (χ1) is 14.2. The van der Waals surface area contributed by atoms with Gasteiger partial charge in [-0.3, -0.25) is 4.57 Å². The normalized spacial score (nSPS) is 16.3. The SMILES string of the molecule is Fc1ccc(-c2nnc(SCCOc3ccc(Br)cc3)n2CC2CCCO2)cc1. The molecule has 1 aliphatic heterocycles. The standard InChI is InChI=1S/C21H21BrFN3O2S/c22-16-5-9-18(10-6-16)28-12-13-29-21-25-24-20(15-3-7-17(23)8-4-15)26(21)14-19-2-1-11-27-19/h3-10,19H,1-2,11-14H2. The Morgan fingerprint density at radius 2 is 1.93 bits per heavy atom. The van der Waals surface area contributed by atoms with E-state index >= 15 is 0 Å². The molecule has 1 atom stereocenters.